The third-order valence-electron chi connectivity index (χ3n) is 2.51. The Labute approximate surface area is 154 Å². The topological polar surface area (TPSA) is 53.7 Å². The first-order valence-corrected chi connectivity index (χ1v) is 8.04. The van der Waals surface area contributed by atoms with E-state index in [2.05, 4.69) is 0 Å². The molecule has 4 nitrogen and oxygen atoms in total. The van der Waals surface area contributed by atoms with E-state index in [1.165, 1.54) is 0 Å². The number of benzene rings is 2. The molecule has 0 atom stereocenters. The number of rotatable bonds is 7. The summed E-state index contributed by atoms with van der Waals surface area (Å²) in [6.07, 6.45) is 0. The highest BCUT2D eigenvalue weighted by atomic mass is 35.5. The highest BCUT2D eigenvalue weighted by Gasteiger charge is 2.27. The lowest BCUT2D eigenvalue weighted by Gasteiger charge is -2.16. The van der Waals surface area contributed by atoms with E-state index < -0.39 is 7.32 Å². The predicted octanol–water partition coefficient (Wildman–Crippen LogP) is 4.72. The smallest absolute Gasteiger partial charge is 0.501 e. The summed E-state index contributed by atoms with van der Waals surface area (Å²) in [4.78, 5) is 0. The van der Waals surface area contributed by atoms with Crippen molar-refractivity contribution in [3.05, 3.63) is 56.5 Å². The van der Waals surface area contributed by atoms with E-state index in [1.54, 1.807) is 36.4 Å². The summed E-state index contributed by atoms with van der Waals surface area (Å²) in [5, 5.41) is 1.71. The van der Waals surface area contributed by atoms with Gasteiger partial charge in [-0.1, -0.05) is 46.4 Å². The van der Waals surface area contributed by atoms with Crippen molar-refractivity contribution >= 4 is 53.7 Å². The molecule has 0 aromatic heterocycles. The van der Waals surface area contributed by atoms with Gasteiger partial charge in [-0.15, -0.1) is 0 Å². The van der Waals surface area contributed by atoms with Gasteiger partial charge in [0.25, 0.3) is 0 Å². The first kappa shape index (κ1) is 18.5. The van der Waals surface area contributed by atoms with E-state index in [1.807, 2.05) is 0 Å². The average molecular weight is 395 g/mol. The highest BCUT2D eigenvalue weighted by Crippen LogP contribution is 2.27. The largest absolute Gasteiger partial charge is 0.788 e. The normalized spacial score (nSPS) is 10.5. The molecule has 0 amide bonds. The van der Waals surface area contributed by atoms with Gasteiger partial charge in [-0.3, -0.25) is 0 Å². The molecular formula is C14H12BCl4NO3. The molecule has 0 spiro atoms. The quantitative estimate of drug-likeness (QED) is 0.690. The lowest BCUT2D eigenvalue weighted by atomic mass is 10.2. The van der Waals surface area contributed by atoms with Gasteiger partial charge in [0.05, 0.1) is 0 Å². The molecule has 0 radical (unpaired) electrons. The molecule has 2 rings (SSSR count). The minimum atomic E-state index is -1.07. The van der Waals surface area contributed by atoms with Crippen LogP contribution < -0.4 is 15.0 Å². The Balaban J connectivity index is 2.15. The molecule has 0 saturated carbocycles. The lowest BCUT2D eigenvalue weighted by molar-refractivity contribution is 0.207. The van der Waals surface area contributed by atoms with E-state index >= 15 is 0 Å². The Hall–Kier alpha value is -0.815. The summed E-state index contributed by atoms with van der Waals surface area (Å²) in [5.74, 6) is 0.773. The summed E-state index contributed by atoms with van der Waals surface area (Å²) in [6.45, 7) is 0.531. The van der Waals surface area contributed by atoms with Crippen molar-refractivity contribution in [3.63, 3.8) is 0 Å². The first-order chi connectivity index (χ1) is 11.0. The van der Waals surface area contributed by atoms with Gasteiger partial charge in [0, 0.05) is 33.2 Å². The second-order valence-corrected chi connectivity index (χ2v) is 6.14. The predicted molar refractivity (Wildman–Crippen MR) is 94.9 cm³/mol. The van der Waals surface area contributed by atoms with Crippen molar-refractivity contribution in [2.45, 2.75) is 0 Å². The Morgan fingerprint density at radius 2 is 1.13 bits per heavy atom. The SMILES string of the molecule is NCCOB(Oc1cc(Cl)cc(Cl)c1)Oc1cc(Cl)cc(Cl)c1. The minimum absolute atomic E-state index is 0.229. The summed E-state index contributed by atoms with van der Waals surface area (Å²) < 4.78 is 16.6. The zero-order chi connectivity index (χ0) is 16.8. The molecule has 9 heteroatoms. The third-order valence-corrected chi connectivity index (χ3v) is 3.38. The van der Waals surface area contributed by atoms with Crippen molar-refractivity contribution in [1.82, 2.24) is 0 Å². The zero-order valence-electron chi connectivity index (χ0n) is 11.8. The van der Waals surface area contributed by atoms with Crippen LogP contribution in [0.1, 0.15) is 0 Å². The minimum Gasteiger partial charge on any atom is -0.501 e. The van der Waals surface area contributed by atoms with Crippen LogP contribution in [0.3, 0.4) is 0 Å². The van der Waals surface area contributed by atoms with Gasteiger partial charge >= 0.3 is 7.32 Å². The Bertz CT molecular complexity index is 580. The molecule has 2 aromatic carbocycles. The van der Waals surface area contributed by atoms with Crippen LogP contribution in [0, 0.1) is 0 Å². The van der Waals surface area contributed by atoms with Gasteiger partial charge < -0.3 is 19.7 Å². The van der Waals surface area contributed by atoms with Gasteiger partial charge in [-0.25, -0.2) is 0 Å². The van der Waals surface area contributed by atoms with Gasteiger partial charge in [0.15, 0.2) is 0 Å². The van der Waals surface area contributed by atoms with Gasteiger partial charge in [0.2, 0.25) is 0 Å². The fourth-order valence-corrected chi connectivity index (χ4v) is 2.68. The van der Waals surface area contributed by atoms with Crippen LogP contribution in [0.15, 0.2) is 36.4 Å². The van der Waals surface area contributed by atoms with Crippen molar-refractivity contribution in [3.8, 4) is 11.5 Å². The molecule has 2 aromatic rings. The molecule has 0 fully saturated rings. The van der Waals surface area contributed by atoms with Crippen LogP contribution in [0.25, 0.3) is 0 Å². The Kier molecular flexibility index (Phi) is 7.15. The molecule has 0 aliphatic rings. The van der Waals surface area contributed by atoms with Crippen molar-refractivity contribution in [2.24, 2.45) is 5.73 Å². The maximum atomic E-state index is 5.94. The second kappa shape index (κ2) is 8.88. The lowest BCUT2D eigenvalue weighted by Crippen LogP contribution is -2.35. The highest BCUT2D eigenvalue weighted by molar-refractivity contribution is 6.39. The van der Waals surface area contributed by atoms with Gasteiger partial charge in [0.1, 0.15) is 11.5 Å². The average Bonchev–Trinajstić information content (AvgIpc) is 2.42. The molecule has 122 valence electrons. The van der Waals surface area contributed by atoms with Crippen molar-refractivity contribution < 1.29 is 14.0 Å². The maximum absolute atomic E-state index is 5.94. The molecule has 0 unspecified atom stereocenters. The van der Waals surface area contributed by atoms with Crippen LogP contribution in [-0.4, -0.2) is 20.5 Å². The Morgan fingerprint density at radius 1 is 0.739 bits per heavy atom. The van der Waals surface area contributed by atoms with Crippen LogP contribution >= 0.6 is 46.4 Å². The van der Waals surface area contributed by atoms with E-state index in [0.717, 1.165) is 0 Å². The fourth-order valence-electron chi connectivity index (χ4n) is 1.67. The van der Waals surface area contributed by atoms with E-state index in [9.17, 15) is 0 Å². The Morgan fingerprint density at radius 3 is 1.48 bits per heavy atom. The van der Waals surface area contributed by atoms with Crippen LogP contribution in [0.2, 0.25) is 20.1 Å². The number of hydrogen-bond acceptors (Lipinski definition) is 4. The molecule has 0 heterocycles. The molecule has 0 saturated heterocycles. The van der Waals surface area contributed by atoms with Gasteiger partial charge in [-0.2, -0.15) is 0 Å². The summed E-state index contributed by atoms with van der Waals surface area (Å²) in [6, 6.07) is 9.51. The zero-order valence-corrected chi connectivity index (χ0v) is 14.8. The monoisotopic (exact) mass is 393 g/mol. The number of halogens is 4. The fraction of sp³-hybridized carbons (Fsp3) is 0.143. The van der Waals surface area contributed by atoms with E-state index in [0.29, 0.717) is 38.1 Å². The summed E-state index contributed by atoms with van der Waals surface area (Å²) >= 11 is 23.8. The van der Waals surface area contributed by atoms with Crippen LogP contribution in [-0.2, 0) is 4.65 Å². The van der Waals surface area contributed by atoms with E-state index in [-0.39, 0.29) is 6.61 Å². The molecule has 2 N–H and O–H groups in total. The third kappa shape index (κ3) is 6.30. The first-order valence-electron chi connectivity index (χ1n) is 6.53. The van der Waals surface area contributed by atoms with Gasteiger partial charge in [-0.05, 0) is 36.4 Å². The van der Waals surface area contributed by atoms with E-state index in [4.69, 9.17) is 66.1 Å². The van der Waals surface area contributed by atoms with Crippen LogP contribution in [0.4, 0.5) is 0 Å². The molecule has 23 heavy (non-hydrogen) atoms. The van der Waals surface area contributed by atoms with Crippen molar-refractivity contribution in [2.75, 3.05) is 13.2 Å². The molecular weight excluding hydrogens is 383 g/mol. The summed E-state index contributed by atoms with van der Waals surface area (Å²) in [7, 11) is -1.07. The summed E-state index contributed by atoms with van der Waals surface area (Å²) in [5.41, 5.74) is 5.44. The standard InChI is InChI=1S/C14H12BCl4NO3/c16-9-3-10(17)6-13(5-9)22-15(21-2-1-20)23-14-7-11(18)4-12(19)8-14/h3-8H,1-2,20H2. The molecule has 0 aliphatic heterocycles. The van der Waals surface area contributed by atoms with Crippen molar-refractivity contribution in [1.29, 1.82) is 0 Å². The molecule has 0 bridgehead atoms. The van der Waals surface area contributed by atoms with Crippen LogP contribution in [0.5, 0.6) is 11.5 Å². The second-order valence-electron chi connectivity index (χ2n) is 4.39. The number of nitrogens with two attached hydrogens (primary N) is 1. The molecule has 0 aliphatic carbocycles. The maximum Gasteiger partial charge on any atom is 0.788 e. The number of hydrogen-bond donors (Lipinski definition) is 1.